The minimum atomic E-state index is 0. The van der Waals surface area contributed by atoms with Crippen LogP contribution in [0.25, 0.3) is 0 Å². The molecule has 0 bridgehead atoms. The first-order valence-electron chi connectivity index (χ1n) is 10.4. The van der Waals surface area contributed by atoms with Crippen molar-refractivity contribution in [2.45, 2.75) is 45.7 Å². The maximum atomic E-state index is 4.92. The Morgan fingerprint density at radius 1 is 1.14 bits per heavy atom. The first-order valence-corrected chi connectivity index (χ1v) is 10.4. The van der Waals surface area contributed by atoms with Gasteiger partial charge in [-0.15, -0.1) is 12.4 Å². The van der Waals surface area contributed by atoms with Crippen LogP contribution in [0.4, 0.5) is 0 Å². The van der Waals surface area contributed by atoms with Crippen molar-refractivity contribution < 1.29 is 0 Å². The number of benzene rings is 1. The third kappa shape index (κ3) is 5.01. The lowest BCUT2D eigenvalue weighted by molar-refractivity contribution is 0.197. The van der Waals surface area contributed by atoms with Crippen molar-refractivity contribution in [1.29, 1.82) is 0 Å². The first-order chi connectivity index (χ1) is 13.7. The molecule has 0 saturated carbocycles. The molecule has 4 nitrogen and oxygen atoms in total. The fraction of sp³-hybridized carbons (Fsp3) is 0.375. The van der Waals surface area contributed by atoms with Gasteiger partial charge in [0.25, 0.3) is 0 Å². The molecule has 2 aromatic rings. The van der Waals surface area contributed by atoms with Crippen molar-refractivity contribution in [3.63, 3.8) is 0 Å². The van der Waals surface area contributed by atoms with Crippen LogP contribution in [-0.4, -0.2) is 34.7 Å². The number of likely N-dealkylation sites (tertiary alicyclic amines) is 1. The summed E-state index contributed by atoms with van der Waals surface area (Å²) in [6, 6.07) is 15.4. The largest absolute Gasteiger partial charge is 0.386 e. The van der Waals surface area contributed by atoms with E-state index >= 15 is 0 Å². The van der Waals surface area contributed by atoms with Gasteiger partial charge in [0, 0.05) is 38.1 Å². The lowest BCUT2D eigenvalue weighted by Gasteiger charge is -2.32. The molecule has 154 valence electrons. The number of halogens is 1. The van der Waals surface area contributed by atoms with E-state index in [1.165, 1.54) is 29.6 Å². The summed E-state index contributed by atoms with van der Waals surface area (Å²) in [5.41, 5.74) is 7.31. The summed E-state index contributed by atoms with van der Waals surface area (Å²) in [5, 5.41) is 3.65. The van der Waals surface area contributed by atoms with Crippen LogP contribution < -0.4 is 5.32 Å². The van der Waals surface area contributed by atoms with Crippen LogP contribution in [-0.2, 0) is 6.54 Å². The number of nitrogens with one attached hydrogen (secondary N) is 2. The van der Waals surface area contributed by atoms with E-state index in [0.29, 0.717) is 6.04 Å². The predicted octanol–water partition coefficient (Wildman–Crippen LogP) is 5.06. The standard InChI is InChI=1S/C24H30N4.ClH/c1-3-21-18(2)23(27-24(21)22-10-7-13-25-22)16-26-20-11-14-28(15-12-20)17-19-8-5-4-6-9-19;/h4-10,13,16,20,25-26H,3,11-12,14-15,17H2,1-2H3;1H. The van der Waals surface area contributed by atoms with E-state index in [1.807, 2.05) is 12.3 Å². The van der Waals surface area contributed by atoms with Gasteiger partial charge in [-0.1, -0.05) is 37.3 Å². The van der Waals surface area contributed by atoms with Crippen LogP contribution in [0.2, 0.25) is 0 Å². The molecule has 2 aliphatic rings. The summed E-state index contributed by atoms with van der Waals surface area (Å²) >= 11 is 0. The minimum Gasteiger partial charge on any atom is -0.386 e. The third-order valence-electron chi connectivity index (χ3n) is 5.85. The molecular weight excluding hydrogens is 380 g/mol. The van der Waals surface area contributed by atoms with E-state index in [2.05, 4.69) is 71.6 Å². The van der Waals surface area contributed by atoms with Crippen molar-refractivity contribution in [2.75, 3.05) is 13.1 Å². The second-order valence-corrected chi connectivity index (χ2v) is 7.73. The van der Waals surface area contributed by atoms with Gasteiger partial charge in [0.05, 0.1) is 17.1 Å². The molecule has 0 radical (unpaired) electrons. The van der Waals surface area contributed by atoms with Gasteiger partial charge < -0.3 is 10.3 Å². The molecule has 1 saturated heterocycles. The van der Waals surface area contributed by atoms with E-state index in [9.17, 15) is 0 Å². The minimum absolute atomic E-state index is 0. The number of nitrogens with zero attached hydrogens (tertiary/aromatic N) is 2. The molecule has 5 heteroatoms. The number of allylic oxidation sites excluding steroid dienone is 2. The second-order valence-electron chi connectivity index (χ2n) is 7.73. The molecule has 3 heterocycles. The Hall–Kier alpha value is -2.30. The SMILES string of the molecule is CCC1=C(C)C(=CNC2CCN(Cc3ccccc3)CC2)N=C1c1ccc[nH]1.Cl. The third-order valence-corrected chi connectivity index (χ3v) is 5.85. The maximum absolute atomic E-state index is 4.92. The van der Waals surface area contributed by atoms with Gasteiger partial charge in [-0.05, 0) is 55.0 Å². The van der Waals surface area contributed by atoms with E-state index in [0.717, 1.165) is 43.2 Å². The highest BCUT2D eigenvalue weighted by atomic mass is 35.5. The molecule has 0 aliphatic carbocycles. The maximum Gasteiger partial charge on any atom is 0.0907 e. The molecule has 2 N–H and O–H groups in total. The highest BCUT2D eigenvalue weighted by Crippen LogP contribution is 2.29. The second kappa shape index (κ2) is 9.95. The van der Waals surface area contributed by atoms with Crippen LogP contribution in [0, 0.1) is 0 Å². The highest BCUT2D eigenvalue weighted by molar-refractivity contribution is 6.14. The number of aromatic amines is 1. The highest BCUT2D eigenvalue weighted by Gasteiger charge is 2.22. The van der Waals surface area contributed by atoms with E-state index in [-0.39, 0.29) is 12.4 Å². The average molecular weight is 411 g/mol. The van der Waals surface area contributed by atoms with Gasteiger partial charge in [-0.3, -0.25) is 4.90 Å². The summed E-state index contributed by atoms with van der Waals surface area (Å²) in [6.07, 6.45) is 7.45. The molecule has 0 atom stereocenters. The average Bonchev–Trinajstić information content (AvgIpc) is 3.36. The molecule has 1 aromatic carbocycles. The summed E-state index contributed by atoms with van der Waals surface area (Å²) in [6.45, 7) is 7.73. The van der Waals surface area contributed by atoms with Crippen molar-refractivity contribution in [1.82, 2.24) is 15.2 Å². The zero-order chi connectivity index (χ0) is 19.3. The molecule has 29 heavy (non-hydrogen) atoms. The quantitative estimate of drug-likeness (QED) is 0.698. The molecule has 1 aromatic heterocycles. The van der Waals surface area contributed by atoms with Crippen LogP contribution in [0.5, 0.6) is 0 Å². The Morgan fingerprint density at radius 2 is 1.90 bits per heavy atom. The van der Waals surface area contributed by atoms with Gasteiger partial charge in [0.2, 0.25) is 0 Å². The fourth-order valence-electron chi connectivity index (χ4n) is 4.17. The lowest BCUT2D eigenvalue weighted by atomic mass is 10.0. The predicted molar refractivity (Wildman–Crippen MR) is 124 cm³/mol. The first kappa shape index (κ1) is 21.4. The summed E-state index contributed by atoms with van der Waals surface area (Å²) in [4.78, 5) is 10.8. The summed E-state index contributed by atoms with van der Waals surface area (Å²) in [7, 11) is 0. The van der Waals surface area contributed by atoms with Gasteiger partial charge in [-0.2, -0.15) is 0 Å². The monoisotopic (exact) mass is 410 g/mol. The van der Waals surface area contributed by atoms with E-state index in [4.69, 9.17) is 4.99 Å². The van der Waals surface area contributed by atoms with Gasteiger partial charge >= 0.3 is 0 Å². The molecule has 0 unspecified atom stereocenters. The van der Waals surface area contributed by atoms with Crippen LogP contribution in [0.1, 0.15) is 44.4 Å². The van der Waals surface area contributed by atoms with Crippen LogP contribution in [0.3, 0.4) is 0 Å². The number of aliphatic imine (C=N–C) groups is 1. The molecule has 0 spiro atoms. The Balaban J connectivity index is 0.00000240. The Kier molecular flexibility index (Phi) is 7.34. The smallest absolute Gasteiger partial charge is 0.0907 e. The topological polar surface area (TPSA) is 43.4 Å². The fourth-order valence-corrected chi connectivity index (χ4v) is 4.17. The normalized spacial score (nSPS) is 19.4. The zero-order valence-corrected chi connectivity index (χ0v) is 18.1. The number of rotatable bonds is 6. The molecule has 0 amide bonds. The molecule has 1 fully saturated rings. The zero-order valence-electron chi connectivity index (χ0n) is 17.3. The van der Waals surface area contributed by atoms with Crippen molar-refractivity contribution in [3.8, 4) is 0 Å². The van der Waals surface area contributed by atoms with Gasteiger partial charge in [0.1, 0.15) is 0 Å². The van der Waals surface area contributed by atoms with E-state index in [1.54, 1.807) is 0 Å². The van der Waals surface area contributed by atoms with Gasteiger partial charge in [-0.25, -0.2) is 4.99 Å². The van der Waals surface area contributed by atoms with Crippen molar-refractivity contribution in [3.05, 3.63) is 83.0 Å². The number of aromatic nitrogens is 1. The summed E-state index contributed by atoms with van der Waals surface area (Å²) in [5.74, 6) is 0. The van der Waals surface area contributed by atoms with Crippen LogP contribution in [0.15, 0.2) is 76.7 Å². The van der Waals surface area contributed by atoms with Crippen molar-refractivity contribution in [2.24, 2.45) is 4.99 Å². The number of H-pyrrole nitrogens is 1. The Morgan fingerprint density at radius 3 is 2.55 bits per heavy atom. The molecule has 2 aliphatic heterocycles. The van der Waals surface area contributed by atoms with E-state index < -0.39 is 0 Å². The molecular formula is C24H31ClN4. The molecule has 4 rings (SSSR count). The van der Waals surface area contributed by atoms with Crippen molar-refractivity contribution >= 4 is 18.1 Å². The number of hydrogen-bond acceptors (Lipinski definition) is 3. The number of hydrogen-bond donors (Lipinski definition) is 2. The van der Waals surface area contributed by atoms with Gasteiger partial charge in [0.15, 0.2) is 0 Å². The van der Waals surface area contributed by atoms with Crippen LogP contribution >= 0.6 is 12.4 Å². The Bertz CT molecular complexity index is 873. The Labute approximate surface area is 180 Å². The number of piperidine rings is 1. The summed E-state index contributed by atoms with van der Waals surface area (Å²) < 4.78 is 0. The lowest BCUT2D eigenvalue weighted by Crippen LogP contribution is -2.40.